The van der Waals surface area contributed by atoms with E-state index in [-0.39, 0.29) is 17.8 Å². The molecule has 0 aliphatic heterocycles. The summed E-state index contributed by atoms with van der Waals surface area (Å²) in [6, 6.07) is 6.65. The lowest BCUT2D eigenvalue weighted by molar-refractivity contribution is 0.0619. The number of amides is 1. The Kier molecular flexibility index (Phi) is 5.18. The van der Waals surface area contributed by atoms with Gasteiger partial charge in [-0.25, -0.2) is 9.37 Å². The maximum Gasteiger partial charge on any atom is 0.273 e. The van der Waals surface area contributed by atoms with E-state index >= 15 is 0 Å². The number of hydrogen-bond donors (Lipinski definition) is 0. The molecule has 2 aromatic rings. The van der Waals surface area contributed by atoms with Crippen LogP contribution in [0.2, 0.25) is 0 Å². The van der Waals surface area contributed by atoms with E-state index in [1.165, 1.54) is 23.9 Å². The first-order valence-corrected chi connectivity index (χ1v) is 9.86. The molecule has 6 heteroatoms. The number of hydrogen-bond acceptors (Lipinski definition) is 3. The van der Waals surface area contributed by atoms with Crippen LogP contribution in [-0.2, 0) is 0 Å². The highest BCUT2D eigenvalue weighted by Crippen LogP contribution is 2.33. The van der Waals surface area contributed by atoms with Crippen molar-refractivity contribution >= 4 is 17.7 Å². The summed E-state index contributed by atoms with van der Waals surface area (Å²) in [5.41, 5.74) is 1.29. The third-order valence-corrected chi connectivity index (χ3v) is 5.45. The Labute approximate surface area is 152 Å². The molecule has 1 fully saturated rings. The third-order valence-electron chi connectivity index (χ3n) is 4.79. The second kappa shape index (κ2) is 7.20. The predicted molar refractivity (Wildman–Crippen MR) is 98.8 cm³/mol. The van der Waals surface area contributed by atoms with Crippen LogP contribution in [0.25, 0.3) is 5.69 Å². The molecule has 25 heavy (non-hydrogen) atoms. The van der Waals surface area contributed by atoms with Crippen molar-refractivity contribution in [2.75, 3.05) is 6.26 Å². The summed E-state index contributed by atoms with van der Waals surface area (Å²) in [4.78, 5) is 19.8. The van der Waals surface area contributed by atoms with Gasteiger partial charge in [-0.15, -0.1) is 0 Å². The maximum atomic E-state index is 13.3. The SMILES string of the molecule is CSc1ncc(C(=O)N(C2CC2)C(C)C(C)C)n1-c1ccc(F)cc1. The van der Waals surface area contributed by atoms with Crippen molar-refractivity contribution in [1.29, 1.82) is 0 Å². The van der Waals surface area contributed by atoms with Gasteiger partial charge in [0.2, 0.25) is 0 Å². The fourth-order valence-electron chi connectivity index (χ4n) is 2.96. The summed E-state index contributed by atoms with van der Waals surface area (Å²) < 4.78 is 15.1. The normalized spacial score (nSPS) is 15.4. The van der Waals surface area contributed by atoms with Crippen LogP contribution in [0.3, 0.4) is 0 Å². The van der Waals surface area contributed by atoms with Gasteiger partial charge in [-0.3, -0.25) is 9.36 Å². The van der Waals surface area contributed by atoms with Gasteiger partial charge in [0.25, 0.3) is 5.91 Å². The first-order chi connectivity index (χ1) is 11.9. The van der Waals surface area contributed by atoms with Gasteiger partial charge < -0.3 is 4.90 Å². The fraction of sp³-hybridized carbons (Fsp3) is 0.474. The lowest BCUT2D eigenvalue weighted by Crippen LogP contribution is -2.43. The van der Waals surface area contributed by atoms with Gasteiger partial charge in [0.05, 0.1) is 6.20 Å². The summed E-state index contributed by atoms with van der Waals surface area (Å²) in [6.07, 6.45) is 5.68. The average molecular weight is 361 g/mol. The highest BCUT2D eigenvalue weighted by Gasteiger charge is 2.38. The smallest absolute Gasteiger partial charge is 0.273 e. The Morgan fingerprint density at radius 3 is 2.44 bits per heavy atom. The topological polar surface area (TPSA) is 38.1 Å². The largest absolute Gasteiger partial charge is 0.331 e. The van der Waals surface area contributed by atoms with Gasteiger partial charge in [0, 0.05) is 17.8 Å². The monoisotopic (exact) mass is 361 g/mol. The van der Waals surface area contributed by atoms with Crippen LogP contribution in [0.15, 0.2) is 35.6 Å². The highest BCUT2D eigenvalue weighted by molar-refractivity contribution is 7.98. The molecule has 1 atom stereocenters. The van der Waals surface area contributed by atoms with Gasteiger partial charge in [0.1, 0.15) is 11.5 Å². The fourth-order valence-corrected chi connectivity index (χ4v) is 3.50. The molecule has 0 radical (unpaired) electrons. The molecule has 0 spiro atoms. The van der Waals surface area contributed by atoms with Crippen molar-refractivity contribution in [3.8, 4) is 5.69 Å². The molecule has 1 unspecified atom stereocenters. The van der Waals surface area contributed by atoms with E-state index < -0.39 is 0 Å². The number of thioether (sulfide) groups is 1. The third kappa shape index (κ3) is 3.59. The molecule has 0 saturated heterocycles. The van der Waals surface area contributed by atoms with E-state index in [2.05, 4.69) is 25.8 Å². The molecule has 134 valence electrons. The first-order valence-electron chi connectivity index (χ1n) is 8.64. The molecule has 0 N–H and O–H groups in total. The van der Waals surface area contributed by atoms with Crippen LogP contribution in [0.4, 0.5) is 4.39 Å². The zero-order chi connectivity index (χ0) is 18.1. The molecule has 1 aromatic heterocycles. The van der Waals surface area contributed by atoms with Crippen molar-refractivity contribution in [2.24, 2.45) is 5.92 Å². The lowest BCUT2D eigenvalue weighted by atomic mass is 10.0. The van der Waals surface area contributed by atoms with E-state index in [1.54, 1.807) is 18.3 Å². The van der Waals surface area contributed by atoms with Crippen molar-refractivity contribution < 1.29 is 9.18 Å². The number of halogens is 1. The predicted octanol–water partition coefficient (Wildman–Crippen LogP) is 4.38. The zero-order valence-electron chi connectivity index (χ0n) is 15.1. The highest BCUT2D eigenvalue weighted by atomic mass is 32.2. The first kappa shape index (κ1) is 18.0. The molecular weight excluding hydrogens is 337 g/mol. The minimum Gasteiger partial charge on any atom is -0.331 e. The Morgan fingerprint density at radius 1 is 1.28 bits per heavy atom. The molecule has 3 rings (SSSR count). The number of rotatable bonds is 6. The minimum atomic E-state index is -0.296. The van der Waals surface area contributed by atoms with E-state index in [0.717, 1.165) is 23.7 Å². The standard InChI is InChI=1S/C19H24FN3OS/c1-12(2)13(3)22(15-9-10-15)18(24)17-11-21-19(25-4)23(17)16-7-5-14(20)6-8-16/h5-8,11-13,15H,9-10H2,1-4H3. The van der Waals surface area contributed by atoms with Crippen LogP contribution in [0.5, 0.6) is 0 Å². The molecule has 4 nitrogen and oxygen atoms in total. The van der Waals surface area contributed by atoms with Gasteiger partial charge in [0.15, 0.2) is 5.16 Å². The van der Waals surface area contributed by atoms with Crippen molar-refractivity contribution in [3.05, 3.63) is 42.0 Å². The van der Waals surface area contributed by atoms with E-state index in [9.17, 15) is 9.18 Å². The van der Waals surface area contributed by atoms with Crippen LogP contribution >= 0.6 is 11.8 Å². The number of imidazole rings is 1. The summed E-state index contributed by atoms with van der Waals surface area (Å²) in [6.45, 7) is 6.38. The summed E-state index contributed by atoms with van der Waals surface area (Å²) in [5.74, 6) is 0.0862. The quantitative estimate of drug-likeness (QED) is 0.717. The molecule has 1 aliphatic rings. The molecular formula is C19H24FN3OS. The van der Waals surface area contributed by atoms with Crippen LogP contribution in [0.1, 0.15) is 44.1 Å². The zero-order valence-corrected chi connectivity index (χ0v) is 15.9. The molecule has 1 amide bonds. The lowest BCUT2D eigenvalue weighted by Gasteiger charge is -2.32. The summed E-state index contributed by atoms with van der Waals surface area (Å²) in [5, 5.41) is 0.725. The molecule has 1 saturated carbocycles. The number of aromatic nitrogens is 2. The van der Waals surface area contributed by atoms with Gasteiger partial charge >= 0.3 is 0 Å². The van der Waals surface area contributed by atoms with Crippen molar-refractivity contribution in [2.45, 2.75) is 50.9 Å². The molecule has 1 aliphatic carbocycles. The van der Waals surface area contributed by atoms with E-state index in [0.29, 0.717) is 17.7 Å². The number of benzene rings is 1. The number of nitrogens with zero attached hydrogens (tertiary/aromatic N) is 3. The number of carbonyl (C=O) groups excluding carboxylic acids is 1. The second-order valence-electron chi connectivity index (χ2n) is 6.87. The Morgan fingerprint density at radius 2 is 1.92 bits per heavy atom. The summed E-state index contributed by atoms with van der Waals surface area (Å²) in [7, 11) is 0. The van der Waals surface area contributed by atoms with Crippen LogP contribution in [0, 0.1) is 11.7 Å². The molecule has 0 bridgehead atoms. The molecule has 1 aromatic carbocycles. The summed E-state index contributed by atoms with van der Waals surface area (Å²) >= 11 is 1.47. The van der Waals surface area contributed by atoms with Gasteiger partial charge in [-0.05, 0) is 56.2 Å². The number of carbonyl (C=O) groups is 1. The van der Waals surface area contributed by atoms with Gasteiger partial charge in [-0.2, -0.15) is 0 Å². The maximum absolute atomic E-state index is 13.3. The second-order valence-corrected chi connectivity index (χ2v) is 7.64. The van der Waals surface area contributed by atoms with Crippen molar-refractivity contribution in [1.82, 2.24) is 14.5 Å². The average Bonchev–Trinajstić information content (AvgIpc) is 3.33. The van der Waals surface area contributed by atoms with Gasteiger partial charge in [-0.1, -0.05) is 25.6 Å². The van der Waals surface area contributed by atoms with Crippen LogP contribution in [-0.4, -0.2) is 38.7 Å². The van der Waals surface area contributed by atoms with E-state index in [4.69, 9.17) is 0 Å². The van der Waals surface area contributed by atoms with E-state index in [1.807, 2.05) is 15.7 Å². The Bertz CT molecular complexity index is 753. The van der Waals surface area contributed by atoms with Crippen LogP contribution < -0.4 is 0 Å². The molecule has 1 heterocycles. The Hall–Kier alpha value is -1.82. The Balaban J connectivity index is 2.03. The minimum absolute atomic E-state index is 0.000764. The van der Waals surface area contributed by atoms with Crippen molar-refractivity contribution in [3.63, 3.8) is 0 Å².